The van der Waals surface area contributed by atoms with Gasteiger partial charge in [0.1, 0.15) is 0 Å². The molecule has 0 spiro atoms. The minimum atomic E-state index is -1.03. The lowest BCUT2D eigenvalue weighted by atomic mass is 9.72. The number of hydrogen-bond acceptors (Lipinski definition) is 6. The van der Waals surface area contributed by atoms with Gasteiger partial charge in [0.2, 0.25) is 11.8 Å². The average Bonchev–Trinajstić information content (AvgIpc) is 2.74. The van der Waals surface area contributed by atoms with Gasteiger partial charge in [-0.05, 0) is 36.1 Å². The van der Waals surface area contributed by atoms with Gasteiger partial charge < -0.3 is 10.2 Å². The van der Waals surface area contributed by atoms with Crippen LogP contribution in [0, 0.1) is 0 Å². The van der Waals surface area contributed by atoms with E-state index in [1.54, 1.807) is 12.2 Å². The summed E-state index contributed by atoms with van der Waals surface area (Å²) in [6.45, 7) is -0.0764. The van der Waals surface area contributed by atoms with Crippen molar-refractivity contribution >= 4 is 35.6 Å². The van der Waals surface area contributed by atoms with Crippen LogP contribution in [-0.2, 0) is 19.2 Å². The Bertz CT molecular complexity index is 1020. The Balaban J connectivity index is 1.70. The molecule has 1 aliphatic carbocycles. The summed E-state index contributed by atoms with van der Waals surface area (Å²) in [5, 5.41) is 17.7. The smallest absolute Gasteiger partial charge is 0.303 e. The maximum atomic E-state index is 13.0. The first-order valence-corrected chi connectivity index (χ1v) is 10.2. The molecule has 32 heavy (non-hydrogen) atoms. The largest absolute Gasteiger partial charge is 0.481 e. The Morgan fingerprint density at radius 2 is 1.09 bits per heavy atom. The lowest BCUT2D eigenvalue weighted by Gasteiger charge is -2.40. The maximum absolute atomic E-state index is 13.0. The van der Waals surface area contributed by atoms with Crippen LogP contribution in [0.4, 0.5) is 0 Å². The quantitative estimate of drug-likeness (QED) is 0.451. The first kappa shape index (κ1) is 21.4. The van der Waals surface area contributed by atoms with E-state index < -0.39 is 47.4 Å². The molecule has 2 unspecified atom stereocenters. The Morgan fingerprint density at radius 3 is 1.44 bits per heavy atom. The molecule has 2 aliphatic heterocycles. The highest BCUT2D eigenvalue weighted by atomic mass is 16.4. The first-order valence-electron chi connectivity index (χ1n) is 10.2. The number of benzene rings is 1. The predicted molar refractivity (Wildman–Crippen MR) is 107 cm³/mol. The van der Waals surface area contributed by atoms with E-state index in [0.717, 1.165) is 9.80 Å². The molecule has 4 amide bonds. The van der Waals surface area contributed by atoms with Crippen molar-refractivity contribution in [1.82, 2.24) is 9.80 Å². The molecule has 10 nitrogen and oxygen atoms in total. The van der Waals surface area contributed by atoms with Crippen LogP contribution in [0.3, 0.4) is 0 Å². The van der Waals surface area contributed by atoms with E-state index in [4.69, 9.17) is 10.2 Å². The van der Waals surface area contributed by atoms with E-state index in [2.05, 4.69) is 0 Å². The standard InChI is InChI=1S/C22H20N2O8/c25-15(26)3-1-9-23-19(29)11-5-7-13-18-14(8-6-12(17(11)18)20(23)30)22(32)24(21(13)31)10-2-4-16(27)28/h5-8,11,13H,1-4,9-10H2,(H,25,26)(H,27,28). The number of carboxylic acid groups (broad SMARTS) is 2. The van der Waals surface area contributed by atoms with Gasteiger partial charge in [0.05, 0.1) is 11.8 Å². The number of imide groups is 2. The fraction of sp³-hybridized carbons (Fsp3) is 0.364. The highest BCUT2D eigenvalue weighted by molar-refractivity contribution is 6.17. The summed E-state index contributed by atoms with van der Waals surface area (Å²) in [4.78, 5) is 75.6. The summed E-state index contributed by atoms with van der Waals surface area (Å²) in [7, 11) is 0. The normalized spacial score (nSPS) is 21.1. The molecule has 0 saturated heterocycles. The van der Waals surface area contributed by atoms with Gasteiger partial charge in [-0.3, -0.25) is 38.6 Å². The molecule has 0 fully saturated rings. The van der Waals surface area contributed by atoms with Gasteiger partial charge in [-0.2, -0.15) is 0 Å². The summed E-state index contributed by atoms with van der Waals surface area (Å²) >= 11 is 0. The van der Waals surface area contributed by atoms with E-state index in [-0.39, 0.29) is 49.9 Å². The first-order chi connectivity index (χ1) is 15.2. The highest BCUT2D eigenvalue weighted by Crippen LogP contribution is 2.45. The average molecular weight is 440 g/mol. The van der Waals surface area contributed by atoms with Crippen molar-refractivity contribution in [1.29, 1.82) is 0 Å². The maximum Gasteiger partial charge on any atom is 0.303 e. The van der Waals surface area contributed by atoms with Crippen LogP contribution in [0.1, 0.15) is 69.4 Å². The molecule has 4 rings (SSSR count). The molecule has 1 aromatic rings. The lowest BCUT2D eigenvalue weighted by molar-refractivity contribution is -0.138. The molecular formula is C22H20N2O8. The van der Waals surface area contributed by atoms with E-state index in [1.165, 1.54) is 12.1 Å². The van der Waals surface area contributed by atoms with E-state index in [1.807, 2.05) is 0 Å². The number of carboxylic acids is 2. The minimum Gasteiger partial charge on any atom is -0.481 e. The number of hydrogen-bond donors (Lipinski definition) is 2. The van der Waals surface area contributed by atoms with Crippen LogP contribution in [0.25, 0.3) is 0 Å². The van der Waals surface area contributed by atoms with Gasteiger partial charge in [0.15, 0.2) is 0 Å². The fourth-order valence-electron chi connectivity index (χ4n) is 4.53. The second-order valence-corrected chi connectivity index (χ2v) is 7.91. The molecule has 2 atom stereocenters. The summed E-state index contributed by atoms with van der Waals surface area (Å²) < 4.78 is 0. The number of aliphatic carboxylic acids is 2. The summed E-state index contributed by atoms with van der Waals surface area (Å²) in [6, 6.07) is 2.92. The Morgan fingerprint density at radius 1 is 0.719 bits per heavy atom. The van der Waals surface area contributed by atoms with Crippen molar-refractivity contribution in [3.63, 3.8) is 0 Å². The third-order valence-corrected chi connectivity index (χ3v) is 5.97. The number of rotatable bonds is 8. The van der Waals surface area contributed by atoms with Crippen LogP contribution >= 0.6 is 0 Å². The minimum absolute atomic E-state index is 0.0382. The highest BCUT2D eigenvalue weighted by Gasteiger charge is 2.47. The Hall–Kier alpha value is -3.82. The third kappa shape index (κ3) is 3.37. The number of carbonyl (C=O) groups excluding carboxylic acids is 4. The molecule has 0 saturated carbocycles. The zero-order valence-corrected chi connectivity index (χ0v) is 16.9. The van der Waals surface area contributed by atoms with Crippen LogP contribution in [0.5, 0.6) is 0 Å². The van der Waals surface area contributed by atoms with Crippen molar-refractivity contribution < 1.29 is 39.0 Å². The van der Waals surface area contributed by atoms with Crippen molar-refractivity contribution in [3.05, 3.63) is 46.5 Å². The molecule has 0 aromatic heterocycles. The van der Waals surface area contributed by atoms with E-state index in [9.17, 15) is 28.8 Å². The molecule has 3 aliphatic rings. The molecule has 1 aromatic carbocycles. The summed E-state index contributed by atoms with van der Waals surface area (Å²) in [5.74, 6) is -5.90. The second-order valence-electron chi connectivity index (χ2n) is 7.91. The molecule has 2 heterocycles. The van der Waals surface area contributed by atoms with Gasteiger partial charge in [-0.15, -0.1) is 0 Å². The van der Waals surface area contributed by atoms with Gasteiger partial charge in [-0.1, -0.05) is 12.2 Å². The third-order valence-electron chi connectivity index (χ3n) is 5.97. The topological polar surface area (TPSA) is 149 Å². The Kier molecular flexibility index (Phi) is 5.37. The summed E-state index contributed by atoms with van der Waals surface area (Å²) in [6.07, 6.45) is 2.96. The number of amides is 4. The van der Waals surface area contributed by atoms with Gasteiger partial charge >= 0.3 is 11.9 Å². The van der Waals surface area contributed by atoms with E-state index in [0.29, 0.717) is 11.1 Å². The van der Waals surface area contributed by atoms with Crippen molar-refractivity contribution in [3.8, 4) is 0 Å². The predicted octanol–water partition coefficient (Wildman–Crippen LogP) is 1.12. The van der Waals surface area contributed by atoms with E-state index >= 15 is 0 Å². The van der Waals surface area contributed by atoms with Crippen LogP contribution in [-0.4, -0.2) is 68.7 Å². The molecule has 166 valence electrons. The number of nitrogens with zero attached hydrogens (tertiary/aromatic N) is 2. The zero-order valence-electron chi connectivity index (χ0n) is 16.9. The number of carbonyl (C=O) groups is 6. The summed E-state index contributed by atoms with van der Waals surface area (Å²) in [5.41, 5.74) is 1.15. The lowest BCUT2D eigenvalue weighted by Crippen LogP contribution is -2.50. The SMILES string of the molecule is O=C(O)CCCN1C(=O)c2ccc3c4c2C(C=CC4C(=O)N(CCCC(=O)O)C3=O)C1=O. The molecule has 0 radical (unpaired) electrons. The van der Waals surface area contributed by atoms with Crippen molar-refractivity contribution in [2.45, 2.75) is 37.5 Å². The monoisotopic (exact) mass is 440 g/mol. The second kappa shape index (κ2) is 8.03. The Labute approximate surface area is 182 Å². The van der Waals surface area contributed by atoms with Crippen LogP contribution < -0.4 is 0 Å². The molecule has 0 bridgehead atoms. The van der Waals surface area contributed by atoms with Crippen molar-refractivity contribution in [2.75, 3.05) is 13.1 Å². The molecular weight excluding hydrogens is 420 g/mol. The van der Waals surface area contributed by atoms with Crippen LogP contribution in [0.2, 0.25) is 0 Å². The van der Waals surface area contributed by atoms with Gasteiger partial charge in [-0.25, -0.2) is 0 Å². The van der Waals surface area contributed by atoms with Crippen LogP contribution in [0.15, 0.2) is 24.3 Å². The van der Waals surface area contributed by atoms with Gasteiger partial charge in [0, 0.05) is 37.1 Å². The molecule has 10 heteroatoms. The molecule has 2 N–H and O–H groups in total. The fourth-order valence-corrected chi connectivity index (χ4v) is 4.53. The zero-order chi connectivity index (χ0) is 23.2. The van der Waals surface area contributed by atoms with Crippen molar-refractivity contribution in [2.24, 2.45) is 0 Å². The van der Waals surface area contributed by atoms with Gasteiger partial charge in [0.25, 0.3) is 11.8 Å².